The minimum Gasteiger partial charge on any atom is -0.508 e. The molecule has 2 aliphatic heterocycles. The van der Waals surface area contributed by atoms with E-state index in [0.29, 0.717) is 32.7 Å². The molecular weight excluding hydrogens is 663 g/mol. The number of anilines is 1. The van der Waals surface area contributed by atoms with Gasteiger partial charge in [0, 0.05) is 46.4 Å². The highest BCUT2D eigenvalue weighted by atomic mass is 35.5. The summed E-state index contributed by atoms with van der Waals surface area (Å²) >= 11 is 14.3. The van der Waals surface area contributed by atoms with Crippen molar-refractivity contribution in [3.63, 3.8) is 0 Å². The van der Waals surface area contributed by atoms with Gasteiger partial charge in [-0.3, -0.25) is 14.3 Å². The molecule has 3 aromatic heterocycles. The Morgan fingerprint density at radius 1 is 1.00 bits per heavy atom. The molecule has 5 heterocycles. The van der Waals surface area contributed by atoms with Crippen molar-refractivity contribution in [3.05, 3.63) is 96.3 Å². The van der Waals surface area contributed by atoms with Crippen LogP contribution in [0.5, 0.6) is 5.75 Å². The van der Waals surface area contributed by atoms with E-state index in [1.165, 1.54) is 32.1 Å². The fraction of sp³-hybridized carbons (Fsp3) is 0.303. The number of carbonyl (C=O) groups is 2. The molecule has 1 saturated heterocycles. The minimum atomic E-state index is -1.36. The molecular formula is C33H28Cl2N6O5S. The van der Waals surface area contributed by atoms with Crippen molar-refractivity contribution in [1.82, 2.24) is 23.7 Å². The van der Waals surface area contributed by atoms with Crippen molar-refractivity contribution in [2.45, 2.75) is 38.8 Å². The van der Waals surface area contributed by atoms with Crippen LogP contribution in [0, 0.1) is 18.3 Å². The highest BCUT2D eigenvalue weighted by Crippen LogP contribution is 2.62. The Bertz CT molecular complexity index is 2380. The Hall–Kier alpha value is -4.39. The van der Waals surface area contributed by atoms with Gasteiger partial charge in [-0.1, -0.05) is 29.3 Å². The van der Waals surface area contributed by atoms with Crippen molar-refractivity contribution in [2.24, 2.45) is 25.4 Å². The molecule has 11 nitrogen and oxygen atoms in total. The fourth-order valence-corrected chi connectivity index (χ4v) is 9.42. The van der Waals surface area contributed by atoms with Gasteiger partial charge >= 0.3 is 11.4 Å². The average Bonchev–Trinajstić information content (AvgIpc) is 3.70. The van der Waals surface area contributed by atoms with Crippen molar-refractivity contribution < 1.29 is 14.7 Å². The van der Waals surface area contributed by atoms with E-state index >= 15 is 0 Å². The number of aromatic hydroxyl groups is 1. The second-order valence-corrected chi connectivity index (χ2v) is 14.6. The van der Waals surface area contributed by atoms with Gasteiger partial charge < -0.3 is 5.11 Å². The van der Waals surface area contributed by atoms with Crippen LogP contribution in [0.25, 0.3) is 20.7 Å². The molecule has 3 aliphatic rings. The maximum absolute atomic E-state index is 14.8. The Balaban J connectivity index is 1.29. The molecule has 1 N–H and O–H groups in total. The van der Waals surface area contributed by atoms with Gasteiger partial charge in [-0.15, -0.1) is 11.3 Å². The van der Waals surface area contributed by atoms with E-state index in [2.05, 4.69) is 0 Å². The number of aryl methyl sites for hydroxylation is 2. The third-order valence-corrected chi connectivity index (χ3v) is 12.0. The highest BCUT2D eigenvalue weighted by Gasteiger charge is 2.66. The van der Waals surface area contributed by atoms with Crippen molar-refractivity contribution >= 4 is 62.3 Å². The molecule has 2 aromatic carbocycles. The fourth-order valence-electron chi connectivity index (χ4n) is 7.92. The first-order chi connectivity index (χ1) is 22.3. The van der Waals surface area contributed by atoms with Crippen LogP contribution < -0.4 is 16.3 Å². The molecule has 14 heteroatoms. The van der Waals surface area contributed by atoms with E-state index in [0.717, 1.165) is 25.1 Å². The highest BCUT2D eigenvalue weighted by molar-refractivity contribution is 7.22. The van der Waals surface area contributed by atoms with Gasteiger partial charge in [-0.05, 0) is 73.2 Å². The van der Waals surface area contributed by atoms with Crippen LogP contribution in [0.2, 0.25) is 10.0 Å². The van der Waals surface area contributed by atoms with E-state index < -0.39 is 46.5 Å². The molecule has 5 aromatic rings. The zero-order valence-corrected chi connectivity index (χ0v) is 28.0. The van der Waals surface area contributed by atoms with E-state index in [1.807, 2.05) is 31.2 Å². The van der Waals surface area contributed by atoms with Gasteiger partial charge in [-0.2, -0.15) is 5.10 Å². The number of fused-ring (bicyclic) bond motifs is 5. The summed E-state index contributed by atoms with van der Waals surface area (Å²) in [6.07, 6.45) is 1.93. The average molecular weight is 692 g/mol. The number of carbonyl (C=O) groups excluding carboxylic acids is 2. The van der Waals surface area contributed by atoms with Gasteiger partial charge in [-0.25, -0.2) is 28.4 Å². The molecule has 8 rings (SSSR count). The second-order valence-electron chi connectivity index (χ2n) is 12.7. The maximum atomic E-state index is 14.8. The molecule has 2 fully saturated rings. The number of benzene rings is 2. The molecule has 0 radical (unpaired) electrons. The number of phenols is 1. The molecule has 0 unspecified atom stereocenters. The molecule has 240 valence electrons. The first-order valence-corrected chi connectivity index (χ1v) is 16.6. The molecule has 47 heavy (non-hydrogen) atoms. The zero-order chi connectivity index (χ0) is 33.3. The largest absolute Gasteiger partial charge is 0.508 e. The third kappa shape index (κ3) is 3.95. The number of halogens is 2. The van der Waals surface area contributed by atoms with Crippen LogP contribution >= 0.6 is 34.5 Å². The number of imide groups is 1. The smallest absolute Gasteiger partial charge is 0.347 e. The van der Waals surface area contributed by atoms with E-state index in [-0.39, 0.29) is 18.7 Å². The number of nitrogens with zero attached hydrogens (tertiary/aromatic N) is 6. The summed E-state index contributed by atoms with van der Waals surface area (Å²) < 4.78 is 6.33. The number of allylic oxidation sites excluding steroid dienone is 2. The topological polar surface area (TPSA) is 124 Å². The number of thiophene rings is 1. The number of rotatable bonds is 3. The monoisotopic (exact) mass is 690 g/mol. The third-order valence-electron chi connectivity index (χ3n) is 10.2. The van der Waals surface area contributed by atoms with Crippen LogP contribution in [-0.2, 0) is 30.2 Å². The van der Waals surface area contributed by atoms with Gasteiger partial charge in [0.1, 0.15) is 17.3 Å². The minimum absolute atomic E-state index is 0.0915. The zero-order valence-electron chi connectivity index (χ0n) is 25.7. The Kier molecular flexibility index (Phi) is 6.41. The lowest BCUT2D eigenvalue weighted by atomic mass is 9.56. The predicted octanol–water partition coefficient (Wildman–Crippen LogP) is 5.15. The van der Waals surface area contributed by atoms with E-state index in [4.69, 9.17) is 28.3 Å². The quantitative estimate of drug-likeness (QED) is 0.206. The number of amides is 2. The van der Waals surface area contributed by atoms with E-state index in [9.17, 15) is 24.3 Å². The molecule has 0 spiro atoms. The Morgan fingerprint density at radius 2 is 1.72 bits per heavy atom. The summed E-state index contributed by atoms with van der Waals surface area (Å²) in [5.74, 6) is -2.41. The van der Waals surface area contributed by atoms with Crippen LogP contribution in [-0.4, -0.2) is 40.6 Å². The van der Waals surface area contributed by atoms with Crippen LogP contribution in [0.1, 0.15) is 36.4 Å². The summed E-state index contributed by atoms with van der Waals surface area (Å²) in [4.78, 5) is 57.8. The lowest BCUT2D eigenvalue weighted by molar-refractivity contribution is -0.129. The molecule has 1 saturated carbocycles. The van der Waals surface area contributed by atoms with Crippen molar-refractivity contribution in [2.75, 3.05) is 4.90 Å². The summed E-state index contributed by atoms with van der Waals surface area (Å²) in [7, 11) is 3.10. The molecule has 2 amide bonds. The Morgan fingerprint density at radius 3 is 2.49 bits per heavy atom. The molecule has 0 bridgehead atoms. The van der Waals surface area contributed by atoms with Gasteiger partial charge in [0.25, 0.3) is 0 Å². The van der Waals surface area contributed by atoms with Gasteiger partial charge in [0.2, 0.25) is 11.8 Å². The number of hydrogen-bond donors (Lipinski definition) is 1. The first kappa shape index (κ1) is 30.0. The summed E-state index contributed by atoms with van der Waals surface area (Å²) in [6, 6.07) is 11.3. The number of hydrogen-bond acceptors (Lipinski definition) is 7. The van der Waals surface area contributed by atoms with Gasteiger partial charge in [0.05, 0.1) is 28.8 Å². The molecule has 4 atom stereocenters. The standard InChI is InChI=1S/C33H28Cl2N6O5S/c1-15-19-11-17(35)6-8-25(19)47-28(15)22-14-26(38(4)36-22)40-29(43)21-13-23-18(9-10-39-31(45)37(3)32(46)41(23)39)27(33(21,2)30(40)44)20-12-16(34)5-7-24(20)42/h5-9,11-12,14,21,23,27,42H,10,13H2,1-4H3/t21-,23+,27+,33+/m0/s1. The summed E-state index contributed by atoms with van der Waals surface area (Å²) in [5, 5.41) is 17.9. The van der Waals surface area contributed by atoms with Crippen LogP contribution in [0.3, 0.4) is 0 Å². The normalized spacial score (nSPS) is 23.7. The molecule has 1 aliphatic carbocycles. The van der Waals surface area contributed by atoms with Crippen molar-refractivity contribution in [3.8, 4) is 16.3 Å². The maximum Gasteiger partial charge on any atom is 0.347 e. The SMILES string of the molecule is Cc1c(-c2cc(N3C(=O)[C@@H]4C[C@@H]5C(=CCn6c(=O)n(C)c(=O)n65)[C@H](c5cc(Cl)ccc5O)[C@]4(C)C3=O)n(C)n2)sc2ccc(Cl)cc12. The van der Waals surface area contributed by atoms with Crippen molar-refractivity contribution in [1.29, 1.82) is 0 Å². The van der Waals surface area contributed by atoms with Crippen LogP contribution in [0.4, 0.5) is 5.82 Å². The number of aromatic nitrogens is 5. The van der Waals surface area contributed by atoms with Gasteiger partial charge in [0.15, 0.2) is 0 Å². The second kappa shape index (κ2) is 10.1. The van der Waals surface area contributed by atoms with Crippen LogP contribution in [0.15, 0.2) is 63.7 Å². The summed E-state index contributed by atoms with van der Waals surface area (Å²) in [5.41, 5.74) is 0.278. The number of phenolic OH excluding ortho intramolecular Hbond substituents is 1. The summed E-state index contributed by atoms with van der Waals surface area (Å²) in [6.45, 7) is 3.83. The predicted molar refractivity (Wildman–Crippen MR) is 179 cm³/mol. The Labute approximate surface area is 281 Å². The lowest BCUT2D eigenvalue weighted by Gasteiger charge is -2.47. The lowest BCUT2D eigenvalue weighted by Crippen LogP contribution is -2.49. The first-order valence-electron chi connectivity index (χ1n) is 15.0. The van der Waals surface area contributed by atoms with E-state index in [1.54, 1.807) is 43.5 Å².